The molecule has 0 aliphatic carbocycles. The van der Waals surface area contributed by atoms with Crippen LogP contribution >= 0.6 is 11.8 Å². The zero-order valence-electron chi connectivity index (χ0n) is 12.6. The highest BCUT2D eigenvalue weighted by molar-refractivity contribution is 7.98. The average molecular weight is 297 g/mol. The van der Waals surface area contributed by atoms with Crippen LogP contribution in [0.3, 0.4) is 0 Å². The molecule has 2 aromatic carbocycles. The summed E-state index contributed by atoms with van der Waals surface area (Å²) in [5.74, 6) is 2.34. The van der Waals surface area contributed by atoms with Crippen LogP contribution in [0.5, 0.6) is 0 Å². The smallest absolute Gasteiger partial charge is 0.191 e. The fourth-order valence-electron chi connectivity index (χ4n) is 2.52. The van der Waals surface area contributed by atoms with E-state index < -0.39 is 0 Å². The van der Waals surface area contributed by atoms with Crippen molar-refractivity contribution in [2.45, 2.75) is 30.7 Å². The van der Waals surface area contributed by atoms with Gasteiger partial charge in [0.15, 0.2) is 5.16 Å². The van der Waals surface area contributed by atoms with Gasteiger partial charge in [-0.1, -0.05) is 68.1 Å². The Morgan fingerprint density at radius 3 is 2.57 bits per heavy atom. The van der Waals surface area contributed by atoms with Crippen molar-refractivity contribution in [2.24, 2.45) is 7.05 Å². The third-order valence-corrected chi connectivity index (χ3v) is 4.69. The first-order valence-electron chi connectivity index (χ1n) is 7.15. The maximum atomic E-state index is 4.31. The van der Waals surface area contributed by atoms with Crippen LogP contribution in [0.2, 0.25) is 0 Å². The van der Waals surface area contributed by atoms with E-state index in [-0.39, 0.29) is 0 Å². The number of hydrogen-bond acceptors (Lipinski definition) is 3. The van der Waals surface area contributed by atoms with Crippen molar-refractivity contribution in [1.29, 1.82) is 0 Å². The van der Waals surface area contributed by atoms with Crippen molar-refractivity contribution in [3.8, 4) is 0 Å². The molecule has 0 aliphatic heterocycles. The van der Waals surface area contributed by atoms with Gasteiger partial charge in [0.1, 0.15) is 5.82 Å². The Balaban J connectivity index is 1.84. The van der Waals surface area contributed by atoms with Gasteiger partial charge in [-0.25, -0.2) is 0 Å². The van der Waals surface area contributed by atoms with Gasteiger partial charge in [-0.2, -0.15) is 0 Å². The summed E-state index contributed by atoms with van der Waals surface area (Å²) in [6.07, 6.45) is 0. The molecule has 0 aliphatic rings. The Hall–Kier alpha value is -1.81. The second kappa shape index (κ2) is 5.90. The zero-order valence-corrected chi connectivity index (χ0v) is 13.4. The van der Waals surface area contributed by atoms with Crippen LogP contribution in [0.4, 0.5) is 0 Å². The molecule has 0 radical (unpaired) electrons. The van der Waals surface area contributed by atoms with Gasteiger partial charge in [0.2, 0.25) is 0 Å². The van der Waals surface area contributed by atoms with Crippen molar-refractivity contribution in [2.75, 3.05) is 0 Å². The van der Waals surface area contributed by atoms with Crippen LogP contribution in [-0.2, 0) is 12.8 Å². The van der Waals surface area contributed by atoms with E-state index >= 15 is 0 Å². The summed E-state index contributed by atoms with van der Waals surface area (Å²) in [7, 11) is 2.04. The van der Waals surface area contributed by atoms with Crippen molar-refractivity contribution in [3.63, 3.8) is 0 Å². The van der Waals surface area contributed by atoms with Gasteiger partial charge < -0.3 is 4.57 Å². The monoisotopic (exact) mass is 297 g/mol. The summed E-state index contributed by atoms with van der Waals surface area (Å²) in [5, 5.41) is 12.2. The Bertz CT molecular complexity index is 756. The van der Waals surface area contributed by atoms with Crippen LogP contribution in [0.25, 0.3) is 10.8 Å². The van der Waals surface area contributed by atoms with Gasteiger partial charge in [0.25, 0.3) is 0 Å². The molecule has 0 atom stereocenters. The van der Waals surface area contributed by atoms with Gasteiger partial charge in [0, 0.05) is 18.7 Å². The minimum atomic E-state index is 0.398. The number of aromatic nitrogens is 3. The van der Waals surface area contributed by atoms with E-state index in [0.29, 0.717) is 5.92 Å². The number of benzene rings is 2. The topological polar surface area (TPSA) is 30.7 Å². The Labute approximate surface area is 129 Å². The standard InChI is InChI=1S/C17H19N3S/c1-12(2)16-18-19-17(20(16)3)21-11-14-9-6-8-13-7-4-5-10-15(13)14/h4-10,12H,11H2,1-3H3. The van der Waals surface area contributed by atoms with Gasteiger partial charge in [-0.3, -0.25) is 0 Å². The van der Waals surface area contributed by atoms with Crippen molar-refractivity contribution < 1.29 is 0 Å². The summed E-state index contributed by atoms with van der Waals surface area (Å²) < 4.78 is 2.10. The molecule has 0 amide bonds. The lowest BCUT2D eigenvalue weighted by Crippen LogP contribution is -2.00. The van der Waals surface area contributed by atoms with Gasteiger partial charge >= 0.3 is 0 Å². The van der Waals surface area contributed by atoms with Crippen LogP contribution in [0, 0.1) is 0 Å². The molecule has 4 heteroatoms. The number of nitrogens with zero attached hydrogens (tertiary/aromatic N) is 3. The van der Waals surface area contributed by atoms with E-state index in [2.05, 4.69) is 71.1 Å². The lowest BCUT2D eigenvalue weighted by atomic mass is 10.1. The number of rotatable bonds is 4. The molecule has 21 heavy (non-hydrogen) atoms. The van der Waals surface area contributed by atoms with E-state index in [1.807, 2.05) is 7.05 Å². The Morgan fingerprint density at radius 1 is 1.05 bits per heavy atom. The third-order valence-electron chi connectivity index (χ3n) is 3.62. The highest BCUT2D eigenvalue weighted by atomic mass is 32.2. The molecule has 0 bridgehead atoms. The second-order valence-electron chi connectivity index (χ2n) is 5.48. The molecular weight excluding hydrogens is 278 g/mol. The van der Waals surface area contributed by atoms with Gasteiger partial charge in [-0.05, 0) is 16.3 Å². The van der Waals surface area contributed by atoms with E-state index in [0.717, 1.165) is 16.7 Å². The predicted molar refractivity (Wildman–Crippen MR) is 88.6 cm³/mol. The van der Waals surface area contributed by atoms with E-state index in [1.165, 1.54) is 16.3 Å². The van der Waals surface area contributed by atoms with E-state index in [4.69, 9.17) is 0 Å². The molecule has 0 spiro atoms. The van der Waals surface area contributed by atoms with Gasteiger partial charge in [-0.15, -0.1) is 10.2 Å². The number of thioether (sulfide) groups is 1. The molecule has 0 saturated carbocycles. The lowest BCUT2D eigenvalue weighted by Gasteiger charge is -2.07. The van der Waals surface area contributed by atoms with Crippen LogP contribution in [-0.4, -0.2) is 14.8 Å². The summed E-state index contributed by atoms with van der Waals surface area (Å²) in [6.45, 7) is 4.28. The largest absolute Gasteiger partial charge is 0.309 e. The van der Waals surface area contributed by atoms with Crippen molar-refractivity contribution in [1.82, 2.24) is 14.8 Å². The van der Waals surface area contributed by atoms with E-state index in [9.17, 15) is 0 Å². The summed E-state index contributed by atoms with van der Waals surface area (Å²) in [6, 6.07) is 15.0. The fourth-order valence-corrected chi connectivity index (χ4v) is 3.44. The molecule has 0 fully saturated rings. The molecule has 108 valence electrons. The molecule has 3 aromatic rings. The van der Waals surface area contributed by atoms with Crippen LogP contribution in [0.15, 0.2) is 47.6 Å². The maximum Gasteiger partial charge on any atom is 0.191 e. The Kier molecular flexibility index (Phi) is 3.97. The summed E-state index contributed by atoms with van der Waals surface area (Å²) in [5.41, 5.74) is 1.34. The SMILES string of the molecule is CC(C)c1nnc(SCc2cccc3ccccc23)n1C. The highest BCUT2D eigenvalue weighted by Gasteiger charge is 2.12. The van der Waals surface area contributed by atoms with E-state index in [1.54, 1.807) is 11.8 Å². The fraction of sp³-hybridized carbons (Fsp3) is 0.294. The minimum absolute atomic E-state index is 0.398. The first kappa shape index (κ1) is 14.1. The molecule has 3 nitrogen and oxygen atoms in total. The highest BCUT2D eigenvalue weighted by Crippen LogP contribution is 2.27. The quantitative estimate of drug-likeness (QED) is 0.669. The minimum Gasteiger partial charge on any atom is -0.309 e. The number of hydrogen-bond donors (Lipinski definition) is 0. The molecule has 3 rings (SSSR count). The van der Waals surface area contributed by atoms with Crippen molar-refractivity contribution in [3.05, 3.63) is 53.9 Å². The number of fused-ring (bicyclic) bond motifs is 1. The van der Waals surface area contributed by atoms with Gasteiger partial charge in [0.05, 0.1) is 0 Å². The summed E-state index contributed by atoms with van der Waals surface area (Å²) >= 11 is 1.74. The lowest BCUT2D eigenvalue weighted by molar-refractivity contribution is 0.680. The maximum absolute atomic E-state index is 4.31. The molecule has 1 heterocycles. The van der Waals surface area contributed by atoms with Crippen molar-refractivity contribution >= 4 is 22.5 Å². The molecular formula is C17H19N3S. The molecule has 0 saturated heterocycles. The average Bonchev–Trinajstić information content (AvgIpc) is 2.86. The third kappa shape index (κ3) is 2.81. The first-order chi connectivity index (χ1) is 10.2. The normalized spacial score (nSPS) is 11.4. The second-order valence-corrected chi connectivity index (χ2v) is 6.42. The van der Waals surface area contributed by atoms with Crippen LogP contribution < -0.4 is 0 Å². The molecule has 0 N–H and O–H groups in total. The predicted octanol–water partition coefficient (Wildman–Crippen LogP) is 4.38. The molecule has 1 aromatic heterocycles. The Morgan fingerprint density at radius 2 is 1.81 bits per heavy atom. The molecule has 0 unspecified atom stereocenters. The zero-order chi connectivity index (χ0) is 14.8. The van der Waals surface area contributed by atoms with Crippen LogP contribution in [0.1, 0.15) is 31.2 Å². The summed E-state index contributed by atoms with van der Waals surface area (Å²) in [4.78, 5) is 0. The first-order valence-corrected chi connectivity index (χ1v) is 8.14.